The Hall–Kier alpha value is -0.410. The van der Waals surface area contributed by atoms with Crippen molar-refractivity contribution in [3.63, 3.8) is 0 Å². The Morgan fingerprint density at radius 1 is 1.17 bits per heavy atom. The van der Waals surface area contributed by atoms with Crippen LogP contribution in [0.3, 0.4) is 0 Å². The van der Waals surface area contributed by atoms with Crippen LogP contribution in [0, 0.1) is 0 Å². The molecule has 0 aliphatic carbocycles. The molecular formula is C9H14O3. The van der Waals surface area contributed by atoms with Crippen molar-refractivity contribution in [3.05, 3.63) is 0 Å². The summed E-state index contributed by atoms with van der Waals surface area (Å²) in [7, 11) is 0. The van der Waals surface area contributed by atoms with Crippen LogP contribution in [0.1, 0.15) is 25.7 Å². The molecule has 0 radical (unpaired) electrons. The van der Waals surface area contributed by atoms with Crippen LogP contribution in [-0.2, 0) is 14.3 Å². The van der Waals surface area contributed by atoms with Crippen molar-refractivity contribution in [2.24, 2.45) is 0 Å². The van der Waals surface area contributed by atoms with Gasteiger partial charge in [0.1, 0.15) is 5.60 Å². The lowest BCUT2D eigenvalue weighted by atomic mass is 9.90. The highest BCUT2D eigenvalue weighted by Gasteiger charge is 2.42. The molecule has 2 aliphatic heterocycles. The Labute approximate surface area is 72.0 Å². The molecule has 1 atom stereocenters. The summed E-state index contributed by atoms with van der Waals surface area (Å²) in [6.45, 7) is 1.99. The van der Waals surface area contributed by atoms with Crippen molar-refractivity contribution in [1.29, 1.82) is 0 Å². The van der Waals surface area contributed by atoms with E-state index in [0.717, 1.165) is 25.9 Å². The fraction of sp³-hybridized carbons (Fsp3) is 0.889. The molecular weight excluding hydrogens is 156 g/mol. The van der Waals surface area contributed by atoms with Crippen LogP contribution < -0.4 is 0 Å². The van der Waals surface area contributed by atoms with Gasteiger partial charge in [-0.3, -0.25) is 4.79 Å². The van der Waals surface area contributed by atoms with Crippen molar-refractivity contribution < 1.29 is 14.3 Å². The minimum Gasteiger partial charge on any atom is -0.381 e. The average molecular weight is 170 g/mol. The maximum atomic E-state index is 11.6. The van der Waals surface area contributed by atoms with E-state index in [0.29, 0.717) is 19.6 Å². The number of carbonyl (C=O) groups is 1. The van der Waals surface area contributed by atoms with Gasteiger partial charge in [-0.25, -0.2) is 0 Å². The smallest absolute Gasteiger partial charge is 0.167 e. The summed E-state index contributed by atoms with van der Waals surface area (Å²) in [5.74, 6) is 0.248. The van der Waals surface area contributed by atoms with Crippen molar-refractivity contribution >= 4 is 5.78 Å². The van der Waals surface area contributed by atoms with Gasteiger partial charge in [0.2, 0.25) is 0 Å². The lowest BCUT2D eigenvalue weighted by Crippen LogP contribution is -2.37. The lowest BCUT2D eigenvalue weighted by Gasteiger charge is -2.23. The van der Waals surface area contributed by atoms with Gasteiger partial charge in [-0.2, -0.15) is 0 Å². The molecule has 0 saturated carbocycles. The number of Topliss-reactive ketones (excluding diaryl/α,β-unsaturated/α-hetero) is 1. The molecule has 2 saturated heterocycles. The summed E-state index contributed by atoms with van der Waals surface area (Å²) in [6, 6.07) is 0. The molecule has 2 heterocycles. The fourth-order valence-electron chi connectivity index (χ4n) is 1.99. The highest BCUT2D eigenvalue weighted by Crippen LogP contribution is 2.32. The number of ether oxygens (including phenoxy) is 2. The standard InChI is InChI=1S/C9H14O3/c10-8-2-6-11-7-4-9(8)3-1-5-12-9/h1-7H2. The normalized spacial score (nSPS) is 37.2. The van der Waals surface area contributed by atoms with Gasteiger partial charge in [-0.05, 0) is 12.8 Å². The van der Waals surface area contributed by atoms with E-state index in [-0.39, 0.29) is 5.78 Å². The number of carbonyl (C=O) groups excluding carboxylic acids is 1. The number of rotatable bonds is 0. The van der Waals surface area contributed by atoms with Gasteiger partial charge in [-0.1, -0.05) is 0 Å². The summed E-state index contributed by atoms with van der Waals surface area (Å²) < 4.78 is 10.8. The van der Waals surface area contributed by atoms with Crippen molar-refractivity contribution in [2.45, 2.75) is 31.3 Å². The molecule has 0 aromatic carbocycles. The molecule has 0 bridgehead atoms. The van der Waals surface area contributed by atoms with E-state index in [4.69, 9.17) is 9.47 Å². The minimum absolute atomic E-state index is 0.248. The van der Waals surface area contributed by atoms with E-state index in [9.17, 15) is 4.79 Å². The van der Waals surface area contributed by atoms with Gasteiger partial charge >= 0.3 is 0 Å². The second-order valence-electron chi connectivity index (χ2n) is 3.48. The third kappa shape index (κ3) is 1.27. The zero-order chi connectivity index (χ0) is 8.44. The molecule has 12 heavy (non-hydrogen) atoms. The maximum absolute atomic E-state index is 11.6. The van der Waals surface area contributed by atoms with Crippen LogP contribution in [0.25, 0.3) is 0 Å². The second kappa shape index (κ2) is 3.15. The van der Waals surface area contributed by atoms with Crippen molar-refractivity contribution in [1.82, 2.24) is 0 Å². The zero-order valence-electron chi connectivity index (χ0n) is 7.17. The monoisotopic (exact) mass is 170 g/mol. The van der Waals surface area contributed by atoms with Gasteiger partial charge in [0.25, 0.3) is 0 Å². The molecule has 0 N–H and O–H groups in total. The Morgan fingerprint density at radius 3 is 2.83 bits per heavy atom. The zero-order valence-corrected chi connectivity index (χ0v) is 7.17. The van der Waals surface area contributed by atoms with Crippen LogP contribution in [0.5, 0.6) is 0 Å². The van der Waals surface area contributed by atoms with Gasteiger partial charge in [0, 0.05) is 26.1 Å². The van der Waals surface area contributed by atoms with E-state index in [1.165, 1.54) is 0 Å². The number of hydrogen-bond donors (Lipinski definition) is 0. The quantitative estimate of drug-likeness (QED) is 0.542. The third-order valence-corrected chi connectivity index (χ3v) is 2.74. The molecule has 3 nitrogen and oxygen atoms in total. The molecule has 1 spiro atoms. The Morgan fingerprint density at radius 2 is 2.08 bits per heavy atom. The molecule has 2 aliphatic rings. The van der Waals surface area contributed by atoms with Gasteiger partial charge in [0.15, 0.2) is 5.78 Å². The highest BCUT2D eigenvalue weighted by atomic mass is 16.5. The average Bonchev–Trinajstić information content (AvgIpc) is 2.45. The molecule has 0 aromatic heterocycles. The van der Waals surface area contributed by atoms with Gasteiger partial charge < -0.3 is 9.47 Å². The lowest BCUT2D eigenvalue weighted by molar-refractivity contribution is -0.138. The Balaban J connectivity index is 2.13. The molecule has 3 heteroatoms. The summed E-state index contributed by atoms with van der Waals surface area (Å²) in [6.07, 6.45) is 3.20. The largest absolute Gasteiger partial charge is 0.381 e. The summed E-state index contributed by atoms with van der Waals surface area (Å²) >= 11 is 0. The first-order valence-electron chi connectivity index (χ1n) is 4.58. The van der Waals surface area contributed by atoms with E-state index < -0.39 is 5.60 Å². The number of hydrogen-bond acceptors (Lipinski definition) is 3. The second-order valence-corrected chi connectivity index (χ2v) is 3.48. The molecule has 2 rings (SSSR count). The molecule has 0 aromatic rings. The molecule has 0 amide bonds. The third-order valence-electron chi connectivity index (χ3n) is 2.74. The van der Waals surface area contributed by atoms with Gasteiger partial charge in [0.05, 0.1) is 6.61 Å². The summed E-state index contributed by atoms with van der Waals surface area (Å²) in [4.78, 5) is 11.6. The molecule has 68 valence electrons. The molecule has 2 fully saturated rings. The van der Waals surface area contributed by atoms with E-state index >= 15 is 0 Å². The highest BCUT2D eigenvalue weighted by molar-refractivity contribution is 5.87. The van der Waals surface area contributed by atoms with E-state index in [1.54, 1.807) is 0 Å². The summed E-state index contributed by atoms with van der Waals surface area (Å²) in [5, 5.41) is 0. The predicted octanol–water partition coefficient (Wildman–Crippen LogP) is 0.915. The first kappa shape index (κ1) is 8.20. The SMILES string of the molecule is O=C1CCOCCC12CCCO2. The van der Waals surface area contributed by atoms with Crippen molar-refractivity contribution in [3.8, 4) is 0 Å². The molecule has 1 unspecified atom stereocenters. The Bertz CT molecular complexity index is 182. The maximum Gasteiger partial charge on any atom is 0.167 e. The number of ketones is 1. The first-order valence-corrected chi connectivity index (χ1v) is 4.58. The summed E-state index contributed by atoms with van der Waals surface area (Å²) in [5.41, 5.74) is -0.448. The Kier molecular flexibility index (Phi) is 2.15. The van der Waals surface area contributed by atoms with Crippen LogP contribution >= 0.6 is 0 Å². The van der Waals surface area contributed by atoms with Crippen LogP contribution in [0.2, 0.25) is 0 Å². The van der Waals surface area contributed by atoms with Crippen LogP contribution in [0.15, 0.2) is 0 Å². The fourth-order valence-corrected chi connectivity index (χ4v) is 1.99. The van der Waals surface area contributed by atoms with Crippen LogP contribution in [-0.4, -0.2) is 31.2 Å². The first-order chi connectivity index (χ1) is 5.83. The van der Waals surface area contributed by atoms with E-state index in [1.807, 2.05) is 0 Å². The predicted molar refractivity (Wildman–Crippen MR) is 43.0 cm³/mol. The minimum atomic E-state index is -0.448. The topological polar surface area (TPSA) is 35.5 Å². The van der Waals surface area contributed by atoms with Gasteiger partial charge in [-0.15, -0.1) is 0 Å². The van der Waals surface area contributed by atoms with Crippen LogP contribution in [0.4, 0.5) is 0 Å². The van der Waals surface area contributed by atoms with Crippen molar-refractivity contribution in [2.75, 3.05) is 19.8 Å². The van der Waals surface area contributed by atoms with E-state index in [2.05, 4.69) is 0 Å².